The zero-order valence-corrected chi connectivity index (χ0v) is 10.7. The standard InChI is InChI=1S/C15H21NO2/c17-12-9-8-11-4-3-7-15(14(11)10-12)16-18-13-5-1-2-6-13/h8-10,13,15-17H,1-7H2. The van der Waals surface area contributed by atoms with Crippen molar-refractivity contribution < 1.29 is 9.94 Å². The lowest BCUT2D eigenvalue weighted by molar-refractivity contribution is -0.0436. The predicted molar refractivity (Wildman–Crippen MR) is 70.3 cm³/mol. The zero-order valence-electron chi connectivity index (χ0n) is 10.7. The van der Waals surface area contributed by atoms with Gasteiger partial charge in [-0.3, -0.25) is 4.84 Å². The van der Waals surface area contributed by atoms with Crippen LogP contribution in [0.1, 0.15) is 55.7 Å². The molecule has 0 aliphatic heterocycles. The Bertz CT molecular complexity index is 413. The van der Waals surface area contributed by atoms with Crippen molar-refractivity contribution in [2.24, 2.45) is 0 Å². The average Bonchev–Trinajstić information content (AvgIpc) is 2.89. The number of hydroxylamine groups is 1. The third-order valence-corrected chi connectivity index (χ3v) is 4.12. The summed E-state index contributed by atoms with van der Waals surface area (Å²) < 4.78 is 0. The monoisotopic (exact) mass is 247 g/mol. The molecule has 1 atom stereocenters. The molecule has 0 amide bonds. The van der Waals surface area contributed by atoms with E-state index in [1.165, 1.54) is 43.2 Å². The SMILES string of the molecule is Oc1ccc2c(c1)C(NOC1CCCC1)CCC2. The van der Waals surface area contributed by atoms with E-state index in [1.807, 2.05) is 12.1 Å². The van der Waals surface area contributed by atoms with Gasteiger partial charge in [-0.25, -0.2) is 0 Å². The van der Waals surface area contributed by atoms with Gasteiger partial charge in [0.2, 0.25) is 0 Å². The smallest absolute Gasteiger partial charge is 0.115 e. The summed E-state index contributed by atoms with van der Waals surface area (Å²) >= 11 is 0. The minimum Gasteiger partial charge on any atom is -0.508 e. The highest BCUT2D eigenvalue weighted by Crippen LogP contribution is 2.32. The first-order chi connectivity index (χ1) is 8.83. The molecule has 3 nitrogen and oxygen atoms in total. The first kappa shape index (κ1) is 12.0. The highest BCUT2D eigenvalue weighted by atomic mass is 16.7. The van der Waals surface area contributed by atoms with E-state index in [0.717, 1.165) is 12.8 Å². The summed E-state index contributed by atoms with van der Waals surface area (Å²) in [6.45, 7) is 0. The normalized spacial score (nSPS) is 24.1. The lowest BCUT2D eigenvalue weighted by Crippen LogP contribution is -2.29. The second-order valence-corrected chi connectivity index (χ2v) is 5.47. The van der Waals surface area contributed by atoms with Crippen LogP contribution in [-0.2, 0) is 11.3 Å². The quantitative estimate of drug-likeness (QED) is 0.806. The average molecular weight is 247 g/mol. The molecule has 0 spiro atoms. The number of nitrogens with one attached hydrogen (secondary N) is 1. The molecule has 0 bridgehead atoms. The maximum absolute atomic E-state index is 9.62. The van der Waals surface area contributed by atoms with Crippen molar-refractivity contribution in [1.29, 1.82) is 0 Å². The summed E-state index contributed by atoms with van der Waals surface area (Å²) in [6, 6.07) is 5.93. The van der Waals surface area contributed by atoms with Gasteiger partial charge in [-0.15, -0.1) is 0 Å². The number of rotatable bonds is 3. The number of hydrogen-bond acceptors (Lipinski definition) is 3. The summed E-state index contributed by atoms with van der Waals surface area (Å²) in [5.74, 6) is 0.350. The van der Waals surface area contributed by atoms with E-state index in [4.69, 9.17) is 4.84 Å². The third-order valence-electron chi connectivity index (χ3n) is 4.12. The minimum absolute atomic E-state index is 0.237. The predicted octanol–water partition coefficient (Wildman–Crippen LogP) is 3.23. The molecule has 0 saturated heterocycles. The fourth-order valence-corrected chi connectivity index (χ4v) is 3.09. The fourth-order valence-electron chi connectivity index (χ4n) is 3.09. The number of hydrogen-bond donors (Lipinski definition) is 2. The number of aryl methyl sites for hydroxylation is 1. The first-order valence-electron chi connectivity index (χ1n) is 7.06. The van der Waals surface area contributed by atoms with E-state index in [9.17, 15) is 5.11 Å². The van der Waals surface area contributed by atoms with Gasteiger partial charge in [0.05, 0.1) is 12.1 Å². The van der Waals surface area contributed by atoms with Crippen LogP contribution in [0.3, 0.4) is 0 Å². The molecule has 1 fully saturated rings. The number of fused-ring (bicyclic) bond motifs is 1. The van der Waals surface area contributed by atoms with Crippen LogP contribution in [0.25, 0.3) is 0 Å². The summed E-state index contributed by atoms with van der Waals surface area (Å²) in [7, 11) is 0. The molecule has 2 aliphatic rings. The zero-order chi connectivity index (χ0) is 12.4. The van der Waals surface area contributed by atoms with Crippen LogP contribution in [0.15, 0.2) is 18.2 Å². The van der Waals surface area contributed by atoms with Gasteiger partial charge in [0, 0.05) is 0 Å². The van der Waals surface area contributed by atoms with Gasteiger partial charge >= 0.3 is 0 Å². The Morgan fingerprint density at radius 3 is 2.78 bits per heavy atom. The molecule has 2 N–H and O–H groups in total. The maximum atomic E-state index is 9.62. The largest absolute Gasteiger partial charge is 0.508 e. The number of aromatic hydroxyl groups is 1. The van der Waals surface area contributed by atoms with E-state index in [0.29, 0.717) is 11.9 Å². The van der Waals surface area contributed by atoms with Gasteiger partial charge in [0.15, 0.2) is 0 Å². The Hall–Kier alpha value is -1.06. The summed E-state index contributed by atoms with van der Waals surface area (Å²) in [4.78, 5) is 5.81. The molecule has 0 radical (unpaired) electrons. The van der Waals surface area contributed by atoms with Crippen LogP contribution in [0.5, 0.6) is 5.75 Å². The maximum Gasteiger partial charge on any atom is 0.115 e. The molecule has 1 saturated carbocycles. The van der Waals surface area contributed by atoms with Gasteiger partial charge in [-0.05, 0) is 55.4 Å². The minimum atomic E-state index is 0.237. The van der Waals surface area contributed by atoms with Gasteiger partial charge in [0.25, 0.3) is 0 Å². The van der Waals surface area contributed by atoms with Crippen molar-refractivity contribution in [3.8, 4) is 5.75 Å². The van der Waals surface area contributed by atoms with E-state index >= 15 is 0 Å². The van der Waals surface area contributed by atoms with E-state index < -0.39 is 0 Å². The van der Waals surface area contributed by atoms with Crippen LogP contribution >= 0.6 is 0 Å². The molecular weight excluding hydrogens is 226 g/mol. The van der Waals surface area contributed by atoms with Crippen LogP contribution in [0, 0.1) is 0 Å². The lowest BCUT2D eigenvalue weighted by atomic mass is 9.88. The molecule has 18 heavy (non-hydrogen) atoms. The highest BCUT2D eigenvalue weighted by molar-refractivity contribution is 5.38. The molecule has 1 unspecified atom stereocenters. The highest BCUT2D eigenvalue weighted by Gasteiger charge is 2.23. The van der Waals surface area contributed by atoms with E-state index in [1.54, 1.807) is 6.07 Å². The van der Waals surface area contributed by atoms with Crippen molar-refractivity contribution in [1.82, 2.24) is 5.48 Å². The molecule has 1 aromatic rings. The van der Waals surface area contributed by atoms with Crippen molar-refractivity contribution >= 4 is 0 Å². The van der Waals surface area contributed by atoms with Gasteiger partial charge < -0.3 is 5.11 Å². The molecule has 1 aromatic carbocycles. The summed E-state index contributed by atoms with van der Waals surface area (Å²) in [5.41, 5.74) is 5.78. The Morgan fingerprint density at radius 2 is 1.94 bits per heavy atom. The Kier molecular flexibility index (Phi) is 3.52. The summed E-state index contributed by atoms with van der Waals surface area (Å²) in [6.07, 6.45) is 8.68. The Morgan fingerprint density at radius 1 is 1.11 bits per heavy atom. The number of phenols is 1. The lowest BCUT2D eigenvalue weighted by Gasteiger charge is -2.27. The van der Waals surface area contributed by atoms with Crippen molar-refractivity contribution in [3.05, 3.63) is 29.3 Å². The number of benzene rings is 1. The third kappa shape index (κ3) is 2.52. The molecule has 98 valence electrons. The van der Waals surface area contributed by atoms with E-state index in [2.05, 4.69) is 5.48 Å². The van der Waals surface area contributed by atoms with Crippen molar-refractivity contribution in [2.45, 2.75) is 57.1 Å². The van der Waals surface area contributed by atoms with Crippen LogP contribution in [0.4, 0.5) is 0 Å². The summed E-state index contributed by atoms with van der Waals surface area (Å²) in [5, 5.41) is 9.62. The first-order valence-corrected chi connectivity index (χ1v) is 7.06. The molecular formula is C15H21NO2. The molecule has 0 aromatic heterocycles. The second kappa shape index (κ2) is 5.29. The second-order valence-electron chi connectivity index (χ2n) is 5.47. The molecule has 3 rings (SSSR count). The van der Waals surface area contributed by atoms with Crippen LogP contribution in [-0.4, -0.2) is 11.2 Å². The van der Waals surface area contributed by atoms with Crippen molar-refractivity contribution in [3.63, 3.8) is 0 Å². The topological polar surface area (TPSA) is 41.5 Å². The molecule has 2 aliphatic carbocycles. The Balaban J connectivity index is 1.68. The van der Waals surface area contributed by atoms with Crippen LogP contribution < -0.4 is 5.48 Å². The van der Waals surface area contributed by atoms with E-state index in [-0.39, 0.29) is 6.04 Å². The number of phenolic OH excluding ortho intramolecular Hbond substituents is 1. The fraction of sp³-hybridized carbons (Fsp3) is 0.600. The van der Waals surface area contributed by atoms with Crippen molar-refractivity contribution in [2.75, 3.05) is 0 Å². The van der Waals surface area contributed by atoms with Gasteiger partial charge in [-0.1, -0.05) is 18.9 Å². The molecule has 0 heterocycles. The van der Waals surface area contributed by atoms with Gasteiger partial charge in [-0.2, -0.15) is 5.48 Å². The molecule has 3 heteroatoms. The van der Waals surface area contributed by atoms with Crippen LogP contribution in [0.2, 0.25) is 0 Å². The Labute approximate surface area is 108 Å². The van der Waals surface area contributed by atoms with Gasteiger partial charge in [0.1, 0.15) is 5.75 Å².